The van der Waals surface area contributed by atoms with Crippen LogP contribution < -0.4 is 11.1 Å². The van der Waals surface area contributed by atoms with Crippen molar-refractivity contribution in [2.24, 2.45) is 5.73 Å². The van der Waals surface area contributed by atoms with Crippen LogP contribution in [0.1, 0.15) is 24.8 Å². The fourth-order valence-electron chi connectivity index (χ4n) is 3.73. The molecule has 0 spiro atoms. The van der Waals surface area contributed by atoms with Crippen LogP contribution in [-0.2, 0) is 25.7 Å². The third kappa shape index (κ3) is 12.3. The summed E-state index contributed by atoms with van der Waals surface area (Å²) < 4.78 is 31.7. The Labute approximate surface area is 217 Å². The van der Waals surface area contributed by atoms with Gasteiger partial charge in [0.25, 0.3) is 0 Å². The molecule has 1 heterocycles. The van der Waals surface area contributed by atoms with Crippen LogP contribution in [0.5, 0.6) is 0 Å². The van der Waals surface area contributed by atoms with Gasteiger partial charge in [0.05, 0.1) is 13.1 Å². The van der Waals surface area contributed by atoms with Crippen LogP contribution in [-0.4, -0.2) is 100 Å². The molecule has 1 saturated heterocycles. The average Bonchev–Trinajstić information content (AvgIpc) is 3.29. The number of thioether (sulfide) groups is 1. The summed E-state index contributed by atoms with van der Waals surface area (Å²) in [6, 6.07) is 8.89. The molecule has 2 rings (SSSR count). The molecule has 1 aromatic carbocycles. The van der Waals surface area contributed by atoms with Crippen LogP contribution >= 0.6 is 11.8 Å². The summed E-state index contributed by atoms with van der Waals surface area (Å²) in [6.45, 7) is 1.81. The van der Waals surface area contributed by atoms with Crippen molar-refractivity contribution in [3.05, 3.63) is 35.9 Å². The van der Waals surface area contributed by atoms with Gasteiger partial charge in [0.2, 0.25) is 11.8 Å². The van der Waals surface area contributed by atoms with Crippen LogP contribution in [0, 0.1) is 0 Å². The number of carbonyl (C=O) groups excluding carboxylic acids is 2. The van der Waals surface area contributed by atoms with Crippen LogP contribution in [0.2, 0.25) is 0 Å². The maximum absolute atomic E-state index is 12.6. The zero-order valence-electron chi connectivity index (χ0n) is 20.4. The zero-order chi connectivity index (χ0) is 28.0. The van der Waals surface area contributed by atoms with Crippen LogP contribution in [0.4, 0.5) is 13.2 Å². The van der Waals surface area contributed by atoms with Crippen molar-refractivity contribution in [1.29, 1.82) is 0 Å². The molecule has 2 amide bonds. The molecule has 208 valence electrons. The number of benzene rings is 1. The molecule has 5 N–H and O–H groups in total. The van der Waals surface area contributed by atoms with Crippen LogP contribution in [0.25, 0.3) is 0 Å². The standard InChI is InChI=1S/C21H32N4O4S.C2HF3O2/c1-30-11-9-18(21(28)29)23-19(26)15-24(13-16-6-3-2-4-7-16)14-17-8-5-10-25(17)20(27)12-22;3-2(4,5)1(6)7/h2-4,6-7,17-18H,5,8-15,22H2,1H3,(H,23,26)(H,28,29);(H,6,7)/t17-,18-;/m0./s1. The summed E-state index contributed by atoms with van der Waals surface area (Å²) in [5.41, 5.74) is 6.60. The Kier molecular flexibility index (Phi) is 14.0. The number of halogens is 3. The fraction of sp³-hybridized carbons (Fsp3) is 0.565. The molecule has 0 bridgehead atoms. The van der Waals surface area contributed by atoms with E-state index >= 15 is 0 Å². The Morgan fingerprint density at radius 3 is 2.35 bits per heavy atom. The number of hydrogen-bond donors (Lipinski definition) is 4. The van der Waals surface area contributed by atoms with Crippen molar-refractivity contribution < 1.29 is 42.6 Å². The Bertz CT molecular complexity index is 891. The van der Waals surface area contributed by atoms with Crippen molar-refractivity contribution in [3.63, 3.8) is 0 Å². The molecule has 1 aromatic rings. The Balaban J connectivity index is 0.000000856. The highest BCUT2D eigenvalue weighted by Gasteiger charge is 2.38. The molecule has 0 saturated carbocycles. The number of rotatable bonds is 12. The number of aliphatic carboxylic acids is 2. The number of nitrogens with zero attached hydrogens (tertiary/aromatic N) is 2. The second-order valence-corrected chi connectivity index (χ2v) is 9.27. The van der Waals surface area contributed by atoms with E-state index in [0.717, 1.165) is 18.4 Å². The van der Waals surface area contributed by atoms with Gasteiger partial charge in [-0.05, 0) is 36.8 Å². The van der Waals surface area contributed by atoms with Crippen molar-refractivity contribution in [1.82, 2.24) is 15.1 Å². The van der Waals surface area contributed by atoms with Gasteiger partial charge in [0, 0.05) is 25.7 Å². The van der Waals surface area contributed by atoms with Crippen molar-refractivity contribution in [2.75, 3.05) is 38.2 Å². The molecule has 1 aliphatic rings. The molecule has 1 fully saturated rings. The number of alkyl halides is 3. The normalized spacial score (nSPS) is 16.1. The molecule has 37 heavy (non-hydrogen) atoms. The lowest BCUT2D eigenvalue weighted by Crippen LogP contribution is -2.49. The van der Waals surface area contributed by atoms with E-state index < -0.39 is 24.2 Å². The molecular formula is C23H33F3N4O6S. The summed E-state index contributed by atoms with van der Waals surface area (Å²) in [5, 5.41) is 19.1. The first-order valence-electron chi connectivity index (χ1n) is 11.5. The van der Waals surface area contributed by atoms with Gasteiger partial charge in [0.15, 0.2) is 0 Å². The van der Waals surface area contributed by atoms with Gasteiger partial charge in [-0.25, -0.2) is 9.59 Å². The molecule has 2 atom stereocenters. The highest BCUT2D eigenvalue weighted by molar-refractivity contribution is 7.98. The van der Waals surface area contributed by atoms with Gasteiger partial charge in [0.1, 0.15) is 6.04 Å². The van der Waals surface area contributed by atoms with Crippen molar-refractivity contribution in [2.45, 2.75) is 44.1 Å². The highest BCUT2D eigenvalue weighted by Crippen LogP contribution is 2.19. The van der Waals surface area contributed by atoms with E-state index in [0.29, 0.717) is 31.8 Å². The maximum Gasteiger partial charge on any atom is 0.490 e. The molecule has 14 heteroatoms. The van der Waals surface area contributed by atoms with E-state index in [1.165, 1.54) is 0 Å². The molecule has 0 radical (unpaired) electrons. The number of nitrogens with two attached hydrogens (primary N) is 1. The summed E-state index contributed by atoms with van der Waals surface area (Å²) in [4.78, 5) is 48.9. The number of carboxylic acid groups (broad SMARTS) is 2. The first-order valence-corrected chi connectivity index (χ1v) is 12.8. The second-order valence-electron chi connectivity index (χ2n) is 8.29. The van der Waals surface area contributed by atoms with Crippen molar-refractivity contribution in [3.8, 4) is 0 Å². The van der Waals surface area contributed by atoms with Gasteiger partial charge in [-0.2, -0.15) is 24.9 Å². The zero-order valence-corrected chi connectivity index (χ0v) is 21.3. The number of nitrogens with one attached hydrogen (secondary N) is 1. The minimum Gasteiger partial charge on any atom is -0.480 e. The smallest absolute Gasteiger partial charge is 0.480 e. The molecule has 0 aliphatic carbocycles. The summed E-state index contributed by atoms with van der Waals surface area (Å²) in [5.74, 6) is -3.53. The average molecular weight is 551 g/mol. The molecular weight excluding hydrogens is 517 g/mol. The largest absolute Gasteiger partial charge is 0.490 e. The quantitative estimate of drug-likeness (QED) is 0.302. The molecule has 1 aliphatic heterocycles. The van der Waals surface area contributed by atoms with Gasteiger partial charge < -0.3 is 26.2 Å². The third-order valence-electron chi connectivity index (χ3n) is 5.44. The van der Waals surface area contributed by atoms with Crippen molar-refractivity contribution >= 4 is 35.5 Å². The van der Waals surface area contributed by atoms with Crippen LogP contribution in [0.3, 0.4) is 0 Å². The highest BCUT2D eigenvalue weighted by atomic mass is 32.2. The number of carboxylic acids is 2. The van der Waals surface area contributed by atoms with E-state index in [4.69, 9.17) is 15.6 Å². The molecule has 0 unspecified atom stereocenters. The minimum absolute atomic E-state index is 0.00400. The maximum atomic E-state index is 12.6. The van der Waals surface area contributed by atoms with E-state index in [2.05, 4.69) is 5.32 Å². The molecule has 0 aromatic heterocycles. The fourth-order valence-corrected chi connectivity index (χ4v) is 4.20. The molecule has 10 nitrogen and oxygen atoms in total. The monoisotopic (exact) mass is 550 g/mol. The Morgan fingerprint density at radius 1 is 1.22 bits per heavy atom. The summed E-state index contributed by atoms with van der Waals surface area (Å²) in [6.07, 6.45) is -1.03. The van der Waals surface area contributed by atoms with Gasteiger partial charge in [-0.3, -0.25) is 14.5 Å². The summed E-state index contributed by atoms with van der Waals surface area (Å²) >= 11 is 1.54. The lowest BCUT2D eigenvalue weighted by atomic mass is 10.1. The van der Waals surface area contributed by atoms with Crippen LogP contribution in [0.15, 0.2) is 30.3 Å². The first-order chi connectivity index (χ1) is 17.4. The second kappa shape index (κ2) is 16.1. The summed E-state index contributed by atoms with van der Waals surface area (Å²) in [7, 11) is 0. The SMILES string of the molecule is CSCC[C@H](NC(=O)CN(Cc1ccccc1)C[C@@H]1CCCN1C(=O)CN)C(=O)O.O=C(O)C(F)(F)F. The topological polar surface area (TPSA) is 153 Å². The number of amides is 2. The predicted octanol–water partition coefficient (Wildman–Crippen LogP) is 1.39. The Morgan fingerprint density at radius 2 is 1.84 bits per heavy atom. The first kappa shape index (κ1) is 32.2. The van der Waals surface area contributed by atoms with E-state index in [1.807, 2.05) is 41.5 Å². The van der Waals surface area contributed by atoms with Gasteiger partial charge >= 0.3 is 18.1 Å². The Hall–Kier alpha value is -2.84. The van der Waals surface area contributed by atoms with Gasteiger partial charge in [-0.1, -0.05) is 30.3 Å². The lowest BCUT2D eigenvalue weighted by molar-refractivity contribution is -0.192. The predicted molar refractivity (Wildman–Crippen MR) is 132 cm³/mol. The number of carbonyl (C=O) groups is 4. The third-order valence-corrected chi connectivity index (χ3v) is 6.09. The number of likely N-dealkylation sites (tertiary alicyclic amines) is 1. The van der Waals surface area contributed by atoms with E-state index in [9.17, 15) is 32.7 Å². The van der Waals surface area contributed by atoms with E-state index in [1.54, 1.807) is 16.7 Å². The van der Waals surface area contributed by atoms with Gasteiger partial charge in [-0.15, -0.1) is 0 Å². The lowest BCUT2D eigenvalue weighted by Gasteiger charge is -2.31. The number of hydrogen-bond acceptors (Lipinski definition) is 7. The van der Waals surface area contributed by atoms with E-state index in [-0.39, 0.29) is 30.9 Å². The minimum atomic E-state index is -5.08.